The van der Waals surface area contributed by atoms with Gasteiger partial charge in [0, 0.05) is 39.9 Å². The van der Waals surface area contributed by atoms with Gasteiger partial charge in [0.2, 0.25) is 0 Å². The number of likely N-dealkylation sites (tertiary alicyclic amines) is 1. The lowest BCUT2D eigenvalue weighted by Gasteiger charge is -2.33. The molecule has 20 heavy (non-hydrogen) atoms. The van der Waals surface area contributed by atoms with Crippen LogP contribution in [0.3, 0.4) is 0 Å². The SMILES string of the molecule is COC(CNC1CCCN(Cc2ccccc2)C1)OC. The van der Waals surface area contributed by atoms with Crippen LogP contribution in [0.2, 0.25) is 0 Å². The maximum Gasteiger partial charge on any atom is 0.169 e. The minimum atomic E-state index is -0.153. The van der Waals surface area contributed by atoms with E-state index in [1.165, 1.54) is 24.9 Å². The first-order valence-corrected chi connectivity index (χ1v) is 7.37. The monoisotopic (exact) mass is 278 g/mol. The third kappa shape index (κ3) is 4.87. The maximum atomic E-state index is 5.21. The van der Waals surface area contributed by atoms with Crippen LogP contribution >= 0.6 is 0 Å². The van der Waals surface area contributed by atoms with Crippen molar-refractivity contribution in [2.45, 2.75) is 31.7 Å². The molecule has 1 saturated heterocycles. The third-order valence-electron chi connectivity index (χ3n) is 3.85. The van der Waals surface area contributed by atoms with Crippen molar-refractivity contribution in [1.29, 1.82) is 0 Å². The van der Waals surface area contributed by atoms with Crippen molar-refractivity contribution < 1.29 is 9.47 Å². The molecule has 1 N–H and O–H groups in total. The van der Waals surface area contributed by atoms with Gasteiger partial charge in [0.05, 0.1) is 0 Å². The minimum absolute atomic E-state index is 0.153. The van der Waals surface area contributed by atoms with Crippen LogP contribution in [-0.2, 0) is 16.0 Å². The molecule has 1 aliphatic rings. The predicted molar refractivity (Wildman–Crippen MR) is 80.5 cm³/mol. The van der Waals surface area contributed by atoms with Gasteiger partial charge in [-0.25, -0.2) is 0 Å². The van der Waals surface area contributed by atoms with Gasteiger partial charge in [0.15, 0.2) is 6.29 Å². The Bertz CT molecular complexity index is 368. The van der Waals surface area contributed by atoms with Gasteiger partial charge in [-0.1, -0.05) is 30.3 Å². The molecule has 0 amide bonds. The van der Waals surface area contributed by atoms with Crippen LogP contribution in [0, 0.1) is 0 Å². The van der Waals surface area contributed by atoms with Crippen LogP contribution in [0.1, 0.15) is 18.4 Å². The molecule has 2 rings (SSSR count). The molecule has 0 radical (unpaired) electrons. The molecule has 4 heteroatoms. The van der Waals surface area contributed by atoms with E-state index in [-0.39, 0.29) is 6.29 Å². The number of hydrogen-bond donors (Lipinski definition) is 1. The summed E-state index contributed by atoms with van der Waals surface area (Å²) in [7, 11) is 3.36. The highest BCUT2D eigenvalue weighted by atomic mass is 16.7. The standard InChI is InChI=1S/C16H26N2O2/c1-19-16(20-2)11-17-15-9-6-10-18(13-15)12-14-7-4-3-5-8-14/h3-5,7-8,15-17H,6,9-13H2,1-2H3. The lowest BCUT2D eigenvalue weighted by Crippen LogP contribution is -2.47. The van der Waals surface area contributed by atoms with Crippen LogP contribution < -0.4 is 5.32 Å². The van der Waals surface area contributed by atoms with E-state index in [9.17, 15) is 0 Å². The summed E-state index contributed by atoms with van der Waals surface area (Å²) in [5.41, 5.74) is 1.39. The molecule has 0 aliphatic carbocycles. The number of nitrogens with one attached hydrogen (secondary N) is 1. The molecule has 1 unspecified atom stereocenters. The number of nitrogens with zero attached hydrogens (tertiary/aromatic N) is 1. The Morgan fingerprint density at radius 2 is 2.00 bits per heavy atom. The van der Waals surface area contributed by atoms with E-state index in [4.69, 9.17) is 9.47 Å². The van der Waals surface area contributed by atoms with E-state index >= 15 is 0 Å². The van der Waals surface area contributed by atoms with Crippen molar-refractivity contribution in [2.24, 2.45) is 0 Å². The Morgan fingerprint density at radius 1 is 1.25 bits per heavy atom. The topological polar surface area (TPSA) is 33.7 Å². The second kappa shape index (κ2) is 8.37. The first-order chi connectivity index (χ1) is 9.81. The number of methoxy groups -OCH3 is 2. The van der Waals surface area contributed by atoms with Gasteiger partial charge < -0.3 is 14.8 Å². The van der Waals surface area contributed by atoms with Gasteiger partial charge >= 0.3 is 0 Å². The van der Waals surface area contributed by atoms with Gasteiger partial charge in [-0.2, -0.15) is 0 Å². The van der Waals surface area contributed by atoms with Crippen molar-refractivity contribution >= 4 is 0 Å². The van der Waals surface area contributed by atoms with Crippen LogP contribution in [0.5, 0.6) is 0 Å². The van der Waals surface area contributed by atoms with Gasteiger partial charge in [-0.05, 0) is 24.9 Å². The van der Waals surface area contributed by atoms with Gasteiger partial charge in [0.25, 0.3) is 0 Å². The number of ether oxygens (including phenoxy) is 2. The second-order valence-corrected chi connectivity index (χ2v) is 5.37. The first kappa shape index (κ1) is 15.4. The summed E-state index contributed by atoms with van der Waals surface area (Å²) in [6.45, 7) is 4.06. The molecule has 1 aliphatic heterocycles. The minimum Gasteiger partial charge on any atom is -0.355 e. The molecule has 1 aromatic rings. The Balaban J connectivity index is 1.77. The highest BCUT2D eigenvalue weighted by molar-refractivity contribution is 5.14. The Hall–Kier alpha value is -0.940. The zero-order chi connectivity index (χ0) is 14.2. The molecule has 0 bridgehead atoms. The lowest BCUT2D eigenvalue weighted by molar-refractivity contribution is -0.101. The summed E-state index contributed by atoms with van der Waals surface area (Å²) in [4.78, 5) is 2.52. The number of benzene rings is 1. The van der Waals surface area contributed by atoms with Crippen LogP contribution in [-0.4, -0.2) is 51.1 Å². The number of rotatable bonds is 7. The second-order valence-electron chi connectivity index (χ2n) is 5.37. The summed E-state index contributed by atoms with van der Waals surface area (Å²) in [6, 6.07) is 11.2. The normalized spacial score (nSPS) is 20.4. The van der Waals surface area contributed by atoms with Crippen molar-refractivity contribution in [3.8, 4) is 0 Å². The molecule has 1 aromatic carbocycles. The average Bonchev–Trinajstić information content (AvgIpc) is 2.50. The van der Waals surface area contributed by atoms with Gasteiger partial charge in [-0.3, -0.25) is 4.90 Å². The summed E-state index contributed by atoms with van der Waals surface area (Å²) < 4.78 is 10.4. The maximum absolute atomic E-state index is 5.21. The van der Waals surface area contributed by atoms with Crippen LogP contribution in [0.4, 0.5) is 0 Å². The van der Waals surface area contributed by atoms with Gasteiger partial charge in [0.1, 0.15) is 0 Å². The Labute approximate surface area is 122 Å². The zero-order valence-corrected chi connectivity index (χ0v) is 12.5. The Kier molecular flexibility index (Phi) is 6.47. The molecule has 1 atom stereocenters. The smallest absolute Gasteiger partial charge is 0.169 e. The summed E-state index contributed by atoms with van der Waals surface area (Å²) in [6.07, 6.45) is 2.32. The van der Waals surface area contributed by atoms with Crippen molar-refractivity contribution in [3.05, 3.63) is 35.9 Å². The van der Waals surface area contributed by atoms with E-state index in [1.807, 2.05) is 0 Å². The summed E-state index contributed by atoms with van der Waals surface area (Å²) in [5.74, 6) is 0. The Morgan fingerprint density at radius 3 is 2.70 bits per heavy atom. The molecule has 1 heterocycles. The highest BCUT2D eigenvalue weighted by Crippen LogP contribution is 2.13. The number of hydrogen-bond acceptors (Lipinski definition) is 4. The van der Waals surface area contributed by atoms with Gasteiger partial charge in [-0.15, -0.1) is 0 Å². The van der Waals surface area contributed by atoms with E-state index in [0.29, 0.717) is 6.04 Å². The van der Waals surface area contributed by atoms with Crippen molar-refractivity contribution in [3.63, 3.8) is 0 Å². The van der Waals surface area contributed by atoms with E-state index < -0.39 is 0 Å². The molecule has 4 nitrogen and oxygen atoms in total. The highest BCUT2D eigenvalue weighted by Gasteiger charge is 2.20. The van der Waals surface area contributed by atoms with Crippen molar-refractivity contribution in [1.82, 2.24) is 10.2 Å². The summed E-state index contributed by atoms with van der Waals surface area (Å²) >= 11 is 0. The molecular weight excluding hydrogens is 252 g/mol. The molecule has 1 fully saturated rings. The molecule has 0 saturated carbocycles. The predicted octanol–water partition coefficient (Wildman–Crippen LogP) is 1.86. The average molecular weight is 278 g/mol. The first-order valence-electron chi connectivity index (χ1n) is 7.37. The van der Waals surface area contributed by atoms with Crippen molar-refractivity contribution in [2.75, 3.05) is 33.9 Å². The van der Waals surface area contributed by atoms with E-state index in [2.05, 4.69) is 40.5 Å². The quantitative estimate of drug-likeness (QED) is 0.772. The van der Waals surface area contributed by atoms with E-state index in [0.717, 1.165) is 19.6 Å². The molecule has 112 valence electrons. The lowest BCUT2D eigenvalue weighted by atomic mass is 10.0. The fourth-order valence-corrected chi connectivity index (χ4v) is 2.73. The molecular formula is C16H26N2O2. The van der Waals surface area contributed by atoms with Crippen LogP contribution in [0.25, 0.3) is 0 Å². The molecule has 0 spiro atoms. The third-order valence-corrected chi connectivity index (χ3v) is 3.85. The van der Waals surface area contributed by atoms with Crippen LogP contribution in [0.15, 0.2) is 30.3 Å². The number of piperidine rings is 1. The zero-order valence-electron chi connectivity index (χ0n) is 12.5. The summed E-state index contributed by atoms with van der Waals surface area (Å²) in [5, 5.41) is 3.55. The van der Waals surface area contributed by atoms with E-state index in [1.54, 1.807) is 14.2 Å². The largest absolute Gasteiger partial charge is 0.355 e. The fraction of sp³-hybridized carbons (Fsp3) is 0.625. The molecule has 0 aromatic heterocycles. The fourth-order valence-electron chi connectivity index (χ4n) is 2.73.